The third-order valence-electron chi connectivity index (χ3n) is 7.78. The standard InChI is InChI=1S/C25H29N5OS/c31-24(30-14-12-29(13-15-30)20-4-2-1-3-5-20)21-17-25(21)8-10-28(11-9-25)18-19-6-7-22-23(16-19)27-32-26-22/h1-7,16,21H,8-15,17-18H2/t21-/m0/s1. The molecule has 0 bridgehead atoms. The molecule has 6 rings (SSSR count). The van der Waals surface area contributed by atoms with E-state index in [1.54, 1.807) is 0 Å². The van der Waals surface area contributed by atoms with Crippen LogP contribution in [-0.2, 0) is 11.3 Å². The smallest absolute Gasteiger partial charge is 0.226 e. The highest BCUT2D eigenvalue weighted by molar-refractivity contribution is 7.00. The third kappa shape index (κ3) is 3.77. The first-order valence-corrected chi connectivity index (χ1v) is 12.5. The van der Waals surface area contributed by atoms with Gasteiger partial charge in [-0.3, -0.25) is 9.69 Å². The monoisotopic (exact) mass is 447 g/mol. The number of piperazine rings is 1. The highest BCUT2D eigenvalue weighted by Crippen LogP contribution is 2.60. The number of piperidine rings is 1. The summed E-state index contributed by atoms with van der Waals surface area (Å²) in [5, 5.41) is 0. The Kier molecular flexibility index (Phi) is 5.11. The van der Waals surface area contributed by atoms with Crippen LogP contribution < -0.4 is 4.90 Å². The van der Waals surface area contributed by atoms with Crippen molar-refractivity contribution >= 4 is 34.4 Å². The van der Waals surface area contributed by atoms with E-state index in [4.69, 9.17) is 0 Å². The van der Waals surface area contributed by atoms with Gasteiger partial charge in [-0.2, -0.15) is 8.75 Å². The van der Waals surface area contributed by atoms with Crippen molar-refractivity contribution in [1.82, 2.24) is 18.5 Å². The van der Waals surface area contributed by atoms with E-state index >= 15 is 0 Å². The molecule has 3 aromatic rings. The van der Waals surface area contributed by atoms with Crippen molar-refractivity contribution in [2.24, 2.45) is 11.3 Å². The van der Waals surface area contributed by atoms with Crippen LogP contribution in [0.15, 0.2) is 48.5 Å². The van der Waals surface area contributed by atoms with E-state index in [0.717, 1.165) is 76.1 Å². The second-order valence-electron chi connectivity index (χ2n) is 9.63. The van der Waals surface area contributed by atoms with E-state index in [1.165, 1.54) is 23.0 Å². The summed E-state index contributed by atoms with van der Waals surface area (Å²) in [5.74, 6) is 0.665. The van der Waals surface area contributed by atoms with E-state index in [1.807, 2.05) is 0 Å². The molecular weight excluding hydrogens is 418 g/mol. The molecule has 3 aliphatic rings. The van der Waals surface area contributed by atoms with Gasteiger partial charge in [0.2, 0.25) is 5.91 Å². The Morgan fingerprint density at radius 3 is 2.47 bits per heavy atom. The summed E-state index contributed by atoms with van der Waals surface area (Å²) >= 11 is 1.28. The minimum Gasteiger partial charge on any atom is -0.368 e. The van der Waals surface area contributed by atoms with Crippen LogP contribution in [0.5, 0.6) is 0 Å². The molecule has 1 aromatic heterocycles. The fourth-order valence-corrected chi connectivity index (χ4v) is 6.15. The fraction of sp³-hybridized carbons (Fsp3) is 0.480. The van der Waals surface area contributed by atoms with Gasteiger partial charge in [-0.05, 0) is 67.6 Å². The number of rotatable bonds is 4. The van der Waals surface area contributed by atoms with Gasteiger partial charge in [-0.1, -0.05) is 24.3 Å². The molecule has 2 saturated heterocycles. The van der Waals surface area contributed by atoms with Crippen molar-refractivity contribution < 1.29 is 4.79 Å². The Hall–Kier alpha value is -2.51. The second-order valence-corrected chi connectivity index (χ2v) is 10.2. The molecule has 0 radical (unpaired) electrons. The van der Waals surface area contributed by atoms with Gasteiger partial charge in [0.1, 0.15) is 11.0 Å². The number of para-hydroxylation sites is 1. The van der Waals surface area contributed by atoms with Crippen LogP contribution in [0.25, 0.3) is 11.0 Å². The van der Waals surface area contributed by atoms with Crippen molar-refractivity contribution in [3.8, 4) is 0 Å². The number of carbonyl (C=O) groups is 1. The first-order valence-electron chi connectivity index (χ1n) is 11.7. The summed E-state index contributed by atoms with van der Waals surface area (Å²) in [4.78, 5) is 20.3. The molecular formula is C25H29N5OS. The fourth-order valence-electron chi connectivity index (χ4n) is 5.63. The second kappa shape index (κ2) is 8.12. The number of carbonyl (C=O) groups excluding carboxylic acids is 1. The zero-order chi connectivity index (χ0) is 21.5. The molecule has 1 amide bonds. The summed E-state index contributed by atoms with van der Waals surface area (Å²) in [6.45, 7) is 6.69. The minimum absolute atomic E-state index is 0.255. The van der Waals surface area contributed by atoms with E-state index < -0.39 is 0 Å². The average molecular weight is 448 g/mol. The Morgan fingerprint density at radius 1 is 0.938 bits per heavy atom. The van der Waals surface area contributed by atoms with E-state index in [-0.39, 0.29) is 11.3 Å². The van der Waals surface area contributed by atoms with Gasteiger partial charge in [0.05, 0.1) is 11.7 Å². The molecule has 2 aromatic carbocycles. The highest BCUT2D eigenvalue weighted by Gasteiger charge is 2.59. The Labute approximate surface area is 193 Å². The Bertz CT molecular complexity index is 1100. The van der Waals surface area contributed by atoms with Gasteiger partial charge in [-0.25, -0.2) is 0 Å². The summed E-state index contributed by atoms with van der Waals surface area (Å²) in [6.07, 6.45) is 3.39. The van der Waals surface area contributed by atoms with Crippen molar-refractivity contribution in [1.29, 1.82) is 0 Å². The maximum absolute atomic E-state index is 13.2. The number of nitrogens with zero attached hydrogens (tertiary/aromatic N) is 5. The largest absolute Gasteiger partial charge is 0.368 e. The first kappa shape index (κ1) is 20.1. The van der Waals surface area contributed by atoms with Crippen molar-refractivity contribution in [2.75, 3.05) is 44.2 Å². The third-order valence-corrected chi connectivity index (χ3v) is 8.33. The number of hydrogen-bond donors (Lipinski definition) is 0. The summed E-state index contributed by atoms with van der Waals surface area (Å²) in [6, 6.07) is 17.0. The molecule has 1 spiro atoms. The number of hydrogen-bond acceptors (Lipinski definition) is 6. The Morgan fingerprint density at radius 2 is 1.69 bits per heavy atom. The molecule has 7 heteroatoms. The molecule has 32 heavy (non-hydrogen) atoms. The topological polar surface area (TPSA) is 52.6 Å². The first-order chi connectivity index (χ1) is 15.7. The van der Waals surface area contributed by atoms with Crippen LogP contribution in [0, 0.1) is 11.3 Å². The quantitative estimate of drug-likeness (QED) is 0.611. The molecule has 3 heterocycles. The highest BCUT2D eigenvalue weighted by atomic mass is 32.1. The molecule has 2 aliphatic heterocycles. The maximum atomic E-state index is 13.2. The predicted octanol–water partition coefficient (Wildman–Crippen LogP) is 3.64. The number of likely N-dealkylation sites (tertiary alicyclic amines) is 1. The van der Waals surface area contributed by atoms with Crippen molar-refractivity contribution in [3.05, 3.63) is 54.1 Å². The maximum Gasteiger partial charge on any atom is 0.226 e. The lowest BCUT2D eigenvalue weighted by molar-refractivity contribution is -0.134. The van der Waals surface area contributed by atoms with Gasteiger partial charge < -0.3 is 9.80 Å². The molecule has 6 nitrogen and oxygen atoms in total. The number of benzene rings is 2. The van der Waals surface area contributed by atoms with Crippen LogP contribution in [0.4, 0.5) is 5.69 Å². The SMILES string of the molecule is O=C([C@@H]1CC12CCN(Cc1ccc3nsnc3c1)CC2)N1CCN(c2ccccc2)CC1. The van der Waals surface area contributed by atoms with Crippen molar-refractivity contribution in [3.63, 3.8) is 0 Å². The Balaban J connectivity index is 1.00. The molecule has 1 aliphatic carbocycles. The number of anilines is 1. The van der Waals surface area contributed by atoms with Crippen LogP contribution in [-0.4, -0.2) is 63.7 Å². The van der Waals surface area contributed by atoms with Crippen LogP contribution in [0.3, 0.4) is 0 Å². The number of amides is 1. The molecule has 166 valence electrons. The van der Waals surface area contributed by atoms with Crippen LogP contribution >= 0.6 is 11.7 Å². The van der Waals surface area contributed by atoms with Gasteiger partial charge in [0.15, 0.2) is 0 Å². The summed E-state index contributed by atoms with van der Waals surface area (Å²) in [7, 11) is 0. The molecule has 1 saturated carbocycles. The molecule has 3 fully saturated rings. The molecule has 0 N–H and O–H groups in total. The lowest BCUT2D eigenvalue weighted by atomic mass is 9.90. The molecule has 0 unspecified atom stereocenters. The van der Waals surface area contributed by atoms with Gasteiger partial charge >= 0.3 is 0 Å². The van der Waals surface area contributed by atoms with E-state index in [2.05, 4.69) is 72.0 Å². The zero-order valence-corrected chi connectivity index (χ0v) is 19.1. The average Bonchev–Trinajstić information content (AvgIpc) is 3.33. The van der Waals surface area contributed by atoms with Gasteiger partial charge in [0, 0.05) is 44.3 Å². The van der Waals surface area contributed by atoms with Crippen LogP contribution in [0.1, 0.15) is 24.8 Å². The van der Waals surface area contributed by atoms with Crippen molar-refractivity contribution in [2.45, 2.75) is 25.8 Å². The normalized spacial score (nSPS) is 23.1. The van der Waals surface area contributed by atoms with E-state index in [9.17, 15) is 4.79 Å². The minimum atomic E-state index is 0.255. The zero-order valence-electron chi connectivity index (χ0n) is 18.3. The van der Waals surface area contributed by atoms with Crippen LogP contribution in [0.2, 0.25) is 0 Å². The summed E-state index contributed by atoms with van der Waals surface area (Å²) in [5.41, 5.74) is 4.83. The lowest BCUT2D eigenvalue weighted by Gasteiger charge is -2.37. The lowest BCUT2D eigenvalue weighted by Crippen LogP contribution is -2.50. The van der Waals surface area contributed by atoms with Gasteiger partial charge in [-0.15, -0.1) is 0 Å². The van der Waals surface area contributed by atoms with Gasteiger partial charge in [0.25, 0.3) is 0 Å². The predicted molar refractivity (Wildman–Crippen MR) is 128 cm³/mol. The summed E-state index contributed by atoms with van der Waals surface area (Å²) < 4.78 is 8.66. The number of fused-ring (bicyclic) bond motifs is 1. The number of aromatic nitrogens is 2. The van der Waals surface area contributed by atoms with E-state index in [0.29, 0.717) is 5.91 Å². The molecule has 1 atom stereocenters.